The fourth-order valence-electron chi connectivity index (χ4n) is 2.91. The molecule has 0 aromatic rings. The Morgan fingerprint density at radius 1 is 1.40 bits per heavy atom. The first-order chi connectivity index (χ1) is 4.74. The van der Waals surface area contributed by atoms with E-state index in [1.54, 1.807) is 0 Å². The zero-order valence-corrected chi connectivity index (χ0v) is 7.14. The summed E-state index contributed by atoms with van der Waals surface area (Å²) in [6.45, 7) is 5.16. The average Bonchev–Trinajstić information content (AvgIpc) is 2.46. The van der Waals surface area contributed by atoms with Gasteiger partial charge in [-0.25, -0.2) is 0 Å². The maximum atomic E-state index is 2.43. The van der Waals surface area contributed by atoms with Gasteiger partial charge in [-0.2, -0.15) is 0 Å². The summed E-state index contributed by atoms with van der Waals surface area (Å²) >= 11 is 0. The van der Waals surface area contributed by atoms with Crippen molar-refractivity contribution in [2.75, 3.05) is 20.1 Å². The Kier molecular flexibility index (Phi) is 1.31. The highest BCUT2D eigenvalue weighted by Gasteiger charge is 2.47. The second kappa shape index (κ2) is 1.97. The van der Waals surface area contributed by atoms with Gasteiger partial charge in [-0.3, -0.25) is 0 Å². The minimum absolute atomic E-state index is 1.04. The standard InChI is InChI=1S/C9H18N/c1-3-10(2)7-8-4-5-9(10)6-8/h8-9H,3-7H2,1-2H3/q+1/t8-,9+,10+/m0/s1. The zero-order valence-electron chi connectivity index (χ0n) is 7.14. The lowest BCUT2D eigenvalue weighted by Crippen LogP contribution is -2.49. The van der Waals surface area contributed by atoms with E-state index in [1.165, 1.54) is 36.8 Å². The lowest BCUT2D eigenvalue weighted by molar-refractivity contribution is -0.924. The predicted molar refractivity (Wildman–Crippen MR) is 42.7 cm³/mol. The molecule has 2 fully saturated rings. The van der Waals surface area contributed by atoms with Gasteiger partial charge in [0.05, 0.1) is 26.2 Å². The van der Waals surface area contributed by atoms with E-state index in [0.29, 0.717) is 0 Å². The molecule has 1 saturated heterocycles. The maximum absolute atomic E-state index is 2.43. The largest absolute Gasteiger partial charge is 0.324 e. The van der Waals surface area contributed by atoms with Gasteiger partial charge in [0, 0.05) is 12.3 Å². The topological polar surface area (TPSA) is 0 Å². The van der Waals surface area contributed by atoms with E-state index < -0.39 is 0 Å². The molecule has 1 nitrogen and oxygen atoms in total. The SMILES string of the molecule is CC[N@+]1(C)C[C@H]2CC[C@@H]1C2. The molecule has 2 rings (SSSR count). The van der Waals surface area contributed by atoms with Crippen LogP contribution in [0, 0.1) is 5.92 Å². The number of quaternary nitrogens is 1. The van der Waals surface area contributed by atoms with E-state index in [4.69, 9.17) is 0 Å². The van der Waals surface area contributed by atoms with Crippen LogP contribution in [-0.2, 0) is 0 Å². The Bertz CT molecular complexity index is 144. The van der Waals surface area contributed by atoms with Gasteiger partial charge in [-0.1, -0.05) is 0 Å². The third-order valence-electron chi connectivity index (χ3n) is 3.79. The molecule has 1 aliphatic carbocycles. The van der Waals surface area contributed by atoms with Gasteiger partial charge < -0.3 is 4.48 Å². The molecule has 3 atom stereocenters. The van der Waals surface area contributed by atoms with Crippen LogP contribution in [0.1, 0.15) is 26.2 Å². The number of likely N-dealkylation sites (tertiary alicyclic amines) is 1. The summed E-state index contributed by atoms with van der Waals surface area (Å²) in [7, 11) is 2.43. The highest BCUT2D eigenvalue weighted by atomic mass is 15.4. The normalized spacial score (nSPS) is 52.2. The van der Waals surface area contributed by atoms with Gasteiger partial charge in [0.25, 0.3) is 0 Å². The number of piperidine rings is 1. The lowest BCUT2D eigenvalue weighted by Gasteiger charge is -2.37. The van der Waals surface area contributed by atoms with E-state index in [2.05, 4.69) is 14.0 Å². The molecular weight excluding hydrogens is 122 g/mol. The third-order valence-corrected chi connectivity index (χ3v) is 3.79. The minimum atomic E-state index is 1.04. The molecule has 1 aliphatic heterocycles. The van der Waals surface area contributed by atoms with Gasteiger partial charge in [0.2, 0.25) is 0 Å². The monoisotopic (exact) mass is 140 g/mol. The van der Waals surface area contributed by atoms with Crippen LogP contribution in [0.5, 0.6) is 0 Å². The van der Waals surface area contributed by atoms with Crippen molar-refractivity contribution in [1.82, 2.24) is 0 Å². The number of rotatable bonds is 1. The van der Waals surface area contributed by atoms with Crippen LogP contribution in [0.15, 0.2) is 0 Å². The van der Waals surface area contributed by atoms with Gasteiger partial charge in [0.1, 0.15) is 0 Å². The Hall–Kier alpha value is -0.0400. The summed E-state index contributed by atoms with van der Waals surface area (Å²) in [5, 5.41) is 0. The fraction of sp³-hybridized carbons (Fsp3) is 1.00. The van der Waals surface area contributed by atoms with Crippen molar-refractivity contribution in [1.29, 1.82) is 0 Å². The van der Waals surface area contributed by atoms with Gasteiger partial charge >= 0.3 is 0 Å². The summed E-state index contributed by atoms with van der Waals surface area (Å²) in [5.41, 5.74) is 0. The van der Waals surface area contributed by atoms with Crippen molar-refractivity contribution < 1.29 is 4.48 Å². The molecule has 2 aliphatic rings. The van der Waals surface area contributed by atoms with Crippen molar-refractivity contribution in [3.63, 3.8) is 0 Å². The number of hydrogen-bond acceptors (Lipinski definition) is 0. The molecule has 10 heavy (non-hydrogen) atoms. The van der Waals surface area contributed by atoms with Crippen molar-refractivity contribution in [2.45, 2.75) is 32.2 Å². The number of fused-ring (bicyclic) bond motifs is 2. The summed E-state index contributed by atoms with van der Waals surface area (Å²) in [6.07, 6.45) is 4.57. The quantitative estimate of drug-likeness (QED) is 0.486. The van der Waals surface area contributed by atoms with E-state index in [0.717, 1.165) is 12.0 Å². The molecule has 0 amide bonds. The zero-order chi connectivity index (χ0) is 7.19. The summed E-state index contributed by atoms with van der Waals surface area (Å²) < 4.78 is 1.38. The Morgan fingerprint density at radius 3 is 2.50 bits per heavy atom. The molecule has 0 radical (unpaired) electrons. The number of hydrogen-bond donors (Lipinski definition) is 0. The lowest BCUT2D eigenvalue weighted by atomic mass is 10.1. The maximum Gasteiger partial charge on any atom is 0.0893 e. The van der Waals surface area contributed by atoms with Gasteiger partial charge in [-0.05, 0) is 19.8 Å². The molecule has 58 valence electrons. The molecule has 0 N–H and O–H groups in total. The minimum Gasteiger partial charge on any atom is -0.324 e. The third kappa shape index (κ3) is 0.731. The smallest absolute Gasteiger partial charge is 0.0893 e. The van der Waals surface area contributed by atoms with Gasteiger partial charge in [-0.15, -0.1) is 0 Å². The number of nitrogens with zero attached hydrogens (tertiary/aromatic N) is 1. The molecule has 0 unspecified atom stereocenters. The average molecular weight is 140 g/mol. The molecule has 1 saturated carbocycles. The Balaban J connectivity index is 2.14. The molecule has 0 spiro atoms. The Labute approximate surface area is 63.6 Å². The van der Waals surface area contributed by atoms with Crippen LogP contribution in [-0.4, -0.2) is 30.7 Å². The summed E-state index contributed by atoms with van der Waals surface area (Å²) in [4.78, 5) is 0. The van der Waals surface area contributed by atoms with Crippen LogP contribution < -0.4 is 0 Å². The van der Waals surface area contributed by atoms with Crippen LogP contribution in [0.2, 0.25) is 0 Å². The first kappa shape index (κ1) is 6.66. The molecule has 2 bridgehead atoms. The first-order valence-electron chi connectivity index (χ1n) is 4.59. The van der Waals surface area contributed by atoms with Crippen molar-refractivity contribution >= 4 is 0 Å². The van der Waals surface area contributed by atoms with Crippen LogP contribution in [0.4, 0.5) is 0 Å². The highest BCUT2D eigenvalue weighted by molar-refractivity contribution is 4.82. The summed E-state index contributed by atoms with van der Waals surface area (Å²) in [5.74, 6) is 1.09. The van der Waals surface area contributed by atoms with Crippen molar-refractivity contribution in [3.05, 3.63) is 0 Å². The van der Waals surface area contributed by atoms with E-state index in [9.17, 15) is 0 Å². The first-order valence-corrected chi connectivity index (χ1v) is 4.59. The van der Waals surface area contributed by atoms with Crippen LogP contribution >= 0.6 is 0 Å². The fourth-order valence-corrected chi connectivity index (χ4v) is 2.91. The Morgan fingerprint density at radius 2 is 2.20 bits per heavy atom. The van der Waals surface area contributed by atoms with E-state index >= 15 is 0 Å². The highest BCUT2D eigenvalue weighted by Crippen LogP contribution is 2.41. The van der Waals surface area contributed by atoms with E-state index in [-0.39, 0.29) is 0 Å². The van der Waals surface area contributed by atoms with Crippen molar-refractivity contribution in [2.24, 2.45) is 5.92 Å². The van der Waals surface area contributed by atoms with Crippen LogP contribution in [0.3, 0.4) is 0 Å². The van der Waals surface area contributed by atoms with Crippen molar-refractivity contribution in [3.8, 4) is 0 Å². The van der Waals surface area contributed by atoms with Gasteiger partial charge in [0.15, 0.2) is 0 Å². The molecule has 0 aromatic heterocycles. The second-order valence-corrected chi connectivity index (χ2v) is 4.31. The second-order valence-electron chi connectivity index (χ2n) is 4.31. The van der Waals surface area contributed by atoms with E-state index in [1.807, 2.05) is 0 Å². The molecule has 1 heteroatoms. The molecule has 1 heterocycles. The molecular formula is C9H18N+. The molecule has 0 aromatic carbocycles. The van der Waals surface area contributed by atoms with Crippen LogP contribution in [0.25, 0.3) is 0 Å². The predicted octanol–water partition coefficient (Wildman–Crippen LogP) is 1.64. The summed E-state index contributed by atoms with van der Waals surface area (Å²) in [6, 6.07) is 1.04.